The summed E-state index contributed by atoms with van der Waals surface area (Å²) in [4.78, 5) is 39.5. The SMILES string of the molecule is Cc1cc(C(=O)CN2C(=O)NC(C)(c3cccc(C#N)c3)C2=O)c(C)n1C1CC1. The molecule has 7 nitrogen and oxygen atoms in total. The van der Waals surface area contributed by atoms with Gasteiger partial charge in [0.15, 0.2) is 5.78 Å². The molecule has 1 atom stereocenters. The number of aromatic nitrogens is 1. The first-order valence-electron chi connectivity index (χ1n) is 9.62. The average molecular weight is 390 g/mol. The van der Waals surface area contributed by atoms with Gasteiger partial charge in [-0.05, 0) is 57.4 Å². The van der Waals surface area contributed by atoms with Crippen LogP contribution in [0.15, 0.2) is 30.3 Å². The van der Waals surface area contributed by atoms with Crippen molar-refractivity contribution in [1.29, 1.82) is 5.26 Å². The fraction of sp³-hybridized carbons (Fsp3) is 0.364. The minimum atomic E-state index is -1.31. The van der Waals surface area contributed by atoms with Crippen LogP contribution >= 0.6 is 0 Å². The van der Waals surface area contributed by atoms with Crippen LogP contribution in [0.2, 0.25) is 0 Å². The van der Waals surface area contributed by atoms with Crippen LogP contribution in [0.25, 0.3) is 0 Å². The molecule has 1 saturated carbocycles. The van der Waals surface area contributed by atoms with Gasteiger partial charge in [0.2, 0.25) is 0 Å². The molecule has 2 aliphatic rings. The Morgan fingerprint density at radius 1 is 1.28 bits per heavy atom. The number of carbonyl (C=O) groups is 3. The van der Waals surface area contributed by atoms with Gasteiger partial charge in [-0.25, -0.2) is 4.79 Å². The number of ketones is 1. The molecule has 148 valence electrons. The molecule has 0 radical (unpaired) electrons. The normalized spacial score (nSPS) is 21.2. The molecule has 1 aromatic carbocycles. The third-order valence-electron chi connectivity index (χ3n) is 5.84. The molecule has 2 aromatic rings. The zero-order valence-electron chi connectivity index (χ0n) is 16.7. The number of urea groups is 1. The third kappa shape index (κ3) is 3.01. The Bertz CT molecular complexity index is 1090. The van der Waals surface area contributed by atoms with Gasteiger partial charge in [0.05, 0.1) is 18.2 Å². The number of Topliss-reactive ketones (excluding diaryl/α,β-unsaturated/α-hetero) is 1. The predicted molar refractivity (Wildman–Crippen MR) is 105 cm³/mol. The highest BCUT2D eigenvalue weighted by molar-refractivity contribution is 6.11. The van der Waals surface area contributed by atoms with Gasteiger partial charge in [0.1, 0.15) is 5.54 Å². The van der Waals surface area contributed by atoms with Crippen LogP contribution in [-0.2, 0) is 10.3 Å². The van der Waals surface area contributed by atoms with Gasteiger partial charge in [0.25, 0.3) is 5.91 Å². The van der Waals surface area contributed by atoms with Crippen LogP contribution in [0.4, 0.5) is 4.79 Å². The maximum Gasteiger partial charge on any atom is 0.325 e. The van der Waals surface area contributed by atoms with E-state index in [0.29, 0.717) is 22.7 Å². The number of amides is 3. The second-order valence-electron chi connectivity index (χ2n) is 7.95. The number of aryl methyl sites for hydroxylation is 1. The minimum Gasteiger partial charge on any atom is -0.345 e. The summed E-state index contributed by atoms with van der Waals surface area (Å²) in [6, 6.07) is 10.3. The zero-order chi connectivity index (χ0) is 20.9. The van der Waals surface area contributed by atoms with Crippen LogP contribution in [0.5, 0.6) is 0 Å². The summed E-state index contributed by atoms with van der Waals surface area (Å²) in [6.45, 7) is 5.15. The smallest absolute Gasteiger partial charge is 0.325 e. The summed E-state index contributed by atoms with van der Waals surface area (Å²) in [5.41, 5.74) is 2.05. The molecule has 7 heteroatoms. The second-order valence-corrected chi connectivity index (χ2v) is 7.95. The largest absolute Gasteiger partial charge is 0.345 e. The average Bonchev–Trinajstić information content (AvgIpc) is 3.45. The summed E-state index contributed by atoms with van der Waals surface area (Å²) in [7, 11) is 0. The monoisotopic (exact) mass is 390 g/mol. The molecule has 1 aromatic heterocycles. The lowest BCUT2D eigenvalue weighted by atomic mass is 9.91. The van der Waals surface area contributed by atoms with Crippen molar-refractivity contribution in [3.63, 3.8) is 0 Å². The lowest BCUT2D eigenvalue weighted by Crippen LogP contribution is -2.41. The fourth-order valence-electron chi connectivity index (χ4n) is 4.12. The van der Waals surface area contributed by atoms with E-state index in [2.05, 4.69) is 9.88 Å². The highest BCUT2D eigenvalue weighted by atomic mass is 16.2. The van der Waals surface area contributed by atoms with E-state index in [1.165, 1.54) is 0 Å². The Kier molecular flexibility index (Phi) is 4.30. The molecule has 1 saturated heterocycles. The van der Waals surface area contributed by atoms with Gasteiger partial charge in [-0.2, -0.15) is 5.26 Å². The first-order chi connectivity index (χ1) is 13.8. The maximum atomic E-state index is 13.1. The molecule has 1 N–H and O–H groups in total. The van der Waals surface area contributed by atoms with Crippen molar-refractivity contribution in [2.75, 3.05) is 6.54 Å². The molecular formula is C22H22N4O3. The van der Waals surface area contributed by atoms with Crippen LogP contribution in [0.3, 0.4) is 0 Å². The van der Waals surface area contributed by atoms with E-state index in [-0.39, 0.29) is 12.3 Å². The molecule has 0 spiro atoms. The number of benzene rings is 1. The molecule has 4 rings (SSSR count). The minimum absolute atomic E-state index is 0.261. The van der Waals surface area contributed by atoms with Gasteiger partial charge in [0, 0.05) is 23.0 Å². The summed E-state index contributed by atoms with van der Waals surface area (Å²) in [6.07, 6.45) is 2.22. The summed E-state index contributed by atoms with van der Waals surface area (Å²) < 4.78 is 2.16. The number of hydrogen-bond acceptors (Lipinski definition) is 4. The number of nitrogens with one attached hydrogen (secondary N) is 1. The first kappa shape index (κ1) is 18.9. The van der Waals surface area contributed by atoms with E-state index in [1.54, 1.807) is 31.2 Å². The van der Waals surface area contributed by atoms with Crippen molar-refractivity contribution in [2.24, 2.45) is 0 Å². The van der Waals surface area contributed by atoms with Gasteiger partial charge < -0.3 is 9.88 Å². The number of carbonyl (C=O) groups excluding carboxylic acids is 3. The highest BCUT2D eigenvalue weighted by Gasteiger charge is 2.49. The van der Waals surface area contributed by atoms with Crippen molar-refractivity contribution in [1.82, 2.24) is 14.8 Å². The molecule has 2 heterocycles. The predicted octanol–water partition coefficient (Wildman–Crippen LogP) is 2.96. The standard InChI is InChI=1S/C22H22N4O3/c1-13-9-18(14(2)26(13)17-7-8-17)19(27)12-25-20(28)22(3,24-21(25)29)16-6-4-5-15(10-16)11-23/h4-6,9-10,17H,7-8,12H2,1-3H3,(H,24,29). The summed E-state index contributed by atoms with van der Waals surface area (Å²) in [5, 5.41) is 11.8. The van der Waals surface area contributed by atoms with Crippen molar-refractivity contribution in [3.8, 4) is 6.07 Å². The molecular weight excluding hydrogens is 368 g/mol. The van der Waals surface area contributed by atoms with Gasteiger partial charge in [-0.15, -0.1) is 0 Å². The lowest BCUT2D eigenvalue weighted by Gasteiger charge is -2.22. The maximum absolute atomic E-state index is 13.1. The van der Waals surface area contributed by atoms with Crippen molar-refractivity contribution in [2.45, 2.75) is 45.2 Å². The number of nitrogens with zero attached hydrogens (tertiary/aromatic N) is 3. The molecule has 1 unspecified atom stereocenters. The molecule has 1 aliphatic heterocycles. The van der Waals surface area contributed by atoms with E-state index < -0.39 is 17.5 Å². The van der Waals surface area contributed by atoms with Crippen LogP contribution in [0, 0.1) is 25.2 Å². The summed E-state index contributed by atoms with van der Waals surface area (Å²) in [5.74, 6) is -0.759. The molecule has 1 aliphatic carbocycles. The Balaban J connectivity index is 1.59. The molecule has 0 bridgehead atoms. The Morgan fingerprint density at radius 2 is 2.00 bits per heavy atom. The van der Waals surface area contributed by atoms with E-state index >= 15 is 0 Å². The van der Waals surface area contributed by atoms with Crippen molar-refractivity contribution in [3.05, 3.63) is 58.4 Å². The lowest BCUT2D eigenvalue weighted by molar-refractivity contribution is -0.130. The van der Waals surface area contributed by atoms with E-state index in [1.807, 2.05) is 26.0 Å². The topological polar surface area (TPSA) is 95.2 Å². The van der Waals surface area contributed by atoms with Crippen molar-refractivity contribution >= 4 is 17.7 Å². The van der Waals surface area contributed by atoms with Crippen LogP contribution < -0.4 is 5.32 Å². The van der Waals surface area contributed by atoms with E-state index in [9.17, 15) is 14.4 Å². The molecule has 29 heavy (non-hydrogen) atoms. The number of hydrogen-bond donors (Lipinski definition) is 1. The third-order valence-corrected chi connectivity index (χ3v) is 5.84. The second kappa shape index (κ2) is 6.59. The molecule has 3 amide bonds. The molecule has 2 fully saturated rings. The van der Waals surface area contributed by atoms with Crippen LogP contribution in [0.1, 0.15) is 58.7 Å². The Morgan fingerprint density at radius 3 is 2.66 bits per heavy atom. The fourth-order valence-corrected chi connectivity index (χ4v) is 4.12. The van der Waals surface area contributed by atoms with E-state index in [0.717, 1.165) is 29.1 Å². The van der Waals surface area contributed by atoms with Gasteiger partial charge >= 0.3 is 6.03 Å². The van der Waals surface area contributed by atoms with Crippen LogP contribution in [-0.4, -0.2) is 33.7 Å². The zero-order valence-corrected chi connectivity index (χ0v) is 16.7. The Labute approximate surface area is 168 Å². The van der Waals surface area contributed by atoms with Gasteiger partial charge in [-0.3, -0.25) is 14.5 Å². The quantitative estimate of drug-likeness (QED) is 0.627. The number of nitriles is 1. The summed E-state index contributed by atoms with van der Waals surface area (Å²) >= 11 is 0. The van der Waals surface area contributed by atoms with Gasteiger partial charge in [-0.1, -0.05) is 12.1 Å². The van der Waals surface area contributed by atoms with E-state index in [4.69, 9.17) is 5.26 Å². The Hall–Kier alpha value is -3.40. The highest BCUT2D eigenvalue weighted by Crippen LogP contribution is 2.38. The number of rotatable bonds is 5. The first-order valence-corrected chi connectivity index (χ1v) is 9.62. The van der Waals surface area contributed by atoms with Crippen molar-refractivity contribution < 1.29 is 14.4 Å². The number of imide groups is 1.